The average molecular weight is 359 g/mol. The summed E-state index contributed by atoms with van der Waals surface area (Å²) in [7, 11) is 0. The number of aryl methyl sites for hydroxylation is 1. The number of ether oxygens (including phenoxy) is 1. The Kier molecular flexibility index (Phi) is 5.93. The first-order valence-corrected chi connectivity index (χ1v) is 8.47. The third kappa shape index (κ3) is 4.36. The van der Waals surface area contributed by atoms with Crippen molar-refractivity contribution in [2.75, 3.05) is 0 Å². The van der Waals surface area contributed by atoms with Crippen LogP contribution in [0.2, 0.25) is 0 Å². The van der Waals surface area contributed by atoms with E-state index in [2.05, 4.69) is 11.4 Å². The molecule has 138 valence electrons. The molecule has 0 spiro atoms. The highest BCUT2D eigenvalue weighted by Gasteiger charge is 2.35. The van der Waals surface area contributed by atoms with Crippen molar-refractivity contribution in [3.05, 3.63) is 39.4 Å². The largest absolute Gasteiger partial charge is 0.449 e. The minimum absolute atomic E-state index is 0.00499. The summed E-state index contributed by atoms with van der Waals surface area (Å²) in [4.78, 5) is 34.9. The third-order valence-corrected chi connectivity index (χ3v) is 4.58. The maximum absolute atomic E-state index is 12.3. The van der Waals surface area contributed by atoms with E-state index < -0.39 is 28.4 Å². The molecule has 26 heavy (non-hydrogen) atoms. The number of nitriles is 1. The Balaban J connectivity index is 2.04. The Morgan fingerprint density at radius 1 is 1.35 bits per heavy atom. The lowest BCUT2D eigenvalue weighted by Crippen LogP contribution is -2.52. The summed E-state index contributed by atoms with van der Waals surface area (Å²) >= 11 is 0. The molecule has 1 aliphatic rings. The fraction of sp³-hybridized carbons (Fsp3) is 0.500. The highest BCUT2D eigenvalue weighted by molar-refractivity contribution is 5.93. The van der Waals surface area contributed by atoms with E-state index >= 15 is 0 Å². The Hall–Kier alpha value is -2.95. The molecule has 2 rings (SSSR count). The first kappa shape index (κ1) is 19.4. The Morgan fingerprint density at radius 2 is 2.00 bits per heavy atom. The van der Waals surface area contributed by atoms with Gasteiger partial charge < -0.3 is 10.1 Å². The molecule has 1 amide bonds. The van der Waals surface area contributed by atoms with Gasteiger partial charge in [0.1, 0.15) is 5.54 Å². The molecule has 0 bridgehead atoms. The van der Waals surface area contributed by atoms with E-state index in [1.807, 2.05) is 0 Å². The van der Waals surface area contributed by atoms with Crippen molar-refractivity contribution in [1.29, 1.82) is 5.26 Å². The van der Waals surface area contributed by atoms with E-state index in [9.17, 15) is 25.0 Å². The van der Waals surface area contributed by atoms with Gasteiger partial charge in [0.15, 0.2) is 6.10 Å². The van der Waals surface area contributed by atoms with E-state index in [-0.39, 0.29) is 11.3 Å². The molecule has 1 atom stereocenters. The van der Waals surface area contributed by atoms with Crippen LogP contribution < -0.4 is 5.32 Å². The lowest BCUT2D eigenvalue weighted by atomic mass is 9.83. The highest BCUT2D eigenvalue weighted by Crippen LogP contribution is 2.27. The van der Waals surface area contributed by atoms with Crippen LogP contribution in [0.25, 0.3) is 0 Å². The molecule has 1 N–H and O–H groups in total. The van der Waals surface area contributed by atoms with Gasteiger partial charge in [0.2, 0.25) is 0 Å². The molecular formula is C18H21N3O5. The molecule has 8 heteroatoms. The van der Waals surface area contributed by atoms with Crippen LogP contribution in [0.5, 0.6) is 0 Å². The third-order valence-electron chi connectivity index (χ3n) is 4.58. The summed E-state index contributed by atoms with van der Waals surface area (Å²) in [6.45, 7) is 2.97. The summed E-state index contributed by atoms with van der Waals surface area (Å²) < 4.78 is 5.12. The van der Waals surface area contributed by atoms with Crippen LogP contribution >= 0.6 is 0 Å². The zero-order valence-corrected chi connectivity index (χ0v) is 14.8. The summed E-state index contributed by atoms with van der Waals surface area (Å²) in [6, 6.07) is 6.15. The molecule has 0 saturated heterocycles. The number of benzene rings is 1. The quantitative estimate of drug-likeness (QED) is 0.490. The van der Waals surface area contributed by atoms with Crippen molar-refractivity contribution in [3.63, 3.8) is 0 Å². The molecule has 8 nitrogen and oxygen atoms in total. The first-order valence-electron chi connectivity index (χ1n) is 8.47. The number of hydrogen-bond acceptors (Lipinski definition) is 6. The van der Waals surface area contributed by atoms with Crippen molar-refractivity contribution in [3.8, 4) is 6.07 Å². The zero-order valence-electron chi connectivity index (χ0n) is 14.8. The van der Waals surface area contributed by atoms with Crippen LogP contribution in [0, 0.1) is 28.4 Å². The number of carbonyl (C=O) groups excluding carboxylic acids is 2. The van der Waals surface area contributed by atoms with Crippen molar-refractivity contribution in [2.45, 2.75) is 57.6 Å². The van der Waals surface area contributed by atoms with E-state index in [4.69, 9.17) is 4.74 Å². The standard InChI is InChI=1S/C18H21N3O5/c1-12-6-7-14(10-15(12)21(24)25)17(23)26-13(2)16(22)20-18(11-19)8-4-3-5-9-18/h6-7,10,13H,3-5,8-9H2,1-2H3,(H,20,22)/t13-/m1/s1. The van der Waals surface area contributed by atoms with Gasteiger partial charge in [0.25, 0.3) is 11.6 Å². The maximum Gasteiger partial charge on any atom is 0.339 e. The van der Waals surface area contributed by atoms with E-state index in [1.54, 1.807) is 6.92 Å². The van der Waals surface area contributed by atoms with Crippen LogP contribution in [-0.4, -0.2) is 28.4 Å². The van der Waals surface area contributed by atoms with Crippen LogP contribution in [-0.2, 0) is 9.53 Å². The van der Waals surface area contributed by atoms with Gasteiger partial charge in [-0.1, -0.05) is 25.3 Å². The van der Waals surface area contributed by atoms with Crippen LogP contribution in [0.1, 0.15) is 54.9 Å². The Morgan fingerprint density at radius 3 is 2.58 bits per heavy atom. The number of nitrogens with zero attached hydrogens (tertiary/aromatic N) is 2. The normalized spacial score (nSPS) is 16.8. The highest BCUT2D eigenvalue weighted by atomic mass is 16.6. The number of nitro groups is 1. The number of nitrogens with one attached hydrogen (secondary N) is 1. The lowest BCUT2D eigenvalue weighted by Gasteiger charge is -2.32. The number of rotatable bonds is 5. The number of amides is 1. The van der Waals surface area contributed by atoms with Crippen LogP contribution in [0.4, 0.5) is 5.69 Å². The molecule has 0 radical (unpaired) electrons. The Labute approximate surface area is 151 Å². The van der Waals surface area contributed by atoms with Crippen LogP contribution in [0.3, 0.4) is 0 Å². The summed E-state index contributed by atoms with van der Waals surface area (Å²) in [5, 5.41) is 23.1. The van der Waals surface area contributed by atoms with Crippen molar-refractivity contribution < 1.29 is 19.2 Å². The average Bonchev–Trinajstić information content (AvgIpc) is 2.62. The van der Waals surface area contributed by atoms with Gasteiger partial charge in [-0.25, -0.2) is 4.79 Å². The zero-order chi connectivity index (χ0) is 19.3. The van der Waals surface area contributed by atoms with Gasteiger partial charge in [-0.3, -0.25) is 14.9 Å². The van der Waals surface area contributed by atoms with Crippen molar-refractivity contribution in [2.24, 2.45) is 0 Å². The molecule has 0 aromatic heterocycles. The number of carbonyl (C=O) groups is 2. The van der Waals surface area contributed by atoms with Gasteiger partial charge in [-0.05, 0) is 32.8 Å². The second-order valence-electron chi connectivity index (χ2n) is 6.55. The minimum Gasteiger partial charge on any atom is -0.449 e. The fourth-order valence-electron chi connectivity index (χ4n) is 2.97. The number of nitro benzene ring substituents is 1. The molecule has 1 aromatic rings. The van der Waals surface area contributed by atoms with E-state index in [1.165, 1.54) is 19.1 Å². The molecule has 0 heterocycles. The molecule has 1 aliphatic carbocycles. The first-order chi connectivity index (χ1) is 12.3. The second kappa shape index (κ2) is 7.95. The van der Waals surface area contributed by atoms with Gasteiger partial charge in [-0.2, -0.15) is 5.26 Å². The number of hydrogen-bond donors (Lipinski definition) is 1. The predicted octanol–water partition coefficient (Wildman–Crippen LogP) is 2.79. The molecule has 1 saturated carbocycles. The van der Waals surface area contributed by atoms with Gasteiger partial charge >= 0.3 is 5.97 Å². The topological polar surface area (TPSA) is 122 Å². The van der Waals surface area contributed by atoms with Gasteiger partial charge in [0.05, 0.1) is 16.6 Å². The monoisotopic (exact) mass is 359 g/mol. The van der Waals surface area contributed by atoms with Gasteiger partial charge in [0, 0.05) is 11.6 Å². The van der Waals surface area contributed by atoms with E-state index in [0.29, 0.717) is 18.4 Å². The Bertz CT molecular complexity index is 763. The van der Waals surface area contributed by atoms with Crippen LogP contribution in [0.15, 0.2) is 18.2 Å². The molecule has 1 aromatic carbocycles. The second-order valence-corrected chi connectivity index (χ2v) is 6.55. The van der Waals surface area contributed by atoms with Gasteiger partial charge in [-0.15, -0.1) is 0 Å². The summed E-state index contributed by atoms with van der Waals surface area (Å²) in [5.41, 5.74) is -0.694. The minimum atomic E-state index is -1.12. The molecule has 0 aliphatic heterocycles. The molecule has 1 fully saturated rings. The lowest BCUT2D eigenvalue weighted by molar-refractivity contribution is -0.385. The predicted molar refractivity (Wildman–Crippen MR) is 92.3 cm³/mol. The summed E-state index contributed by atoms with van der Waals surface area (Å²) in [6.07, 6.45) is 2.76. The molecule has 0 unspecified atom stereocenters. The SMILES string of the molecule is Cc1ccc(C(=O)O[C@H](C)C(=O)NC2(C#N)CCCCC2)cc1[N+](=O)[O-]. The summed E-state index contributed by atoms with van der Waals surface area (Å²) in [5.74, 6) is -1.38. The fourth-order valence-corrected chi connectivity index (χ4v) is 2.97. The number of esters is 1. The maximum atomic E-state index is 12.3. The van der Waals surface area contributed by atoms with Crippen molar-refractivity contribution >= 4 is 17.6 Å². The van der Waals surface area contributed by atoms with E-state index in [0.717, 1.165) is 25.3 Å². The van der Waals surface area contributed by atoms with Crippen molar-refractivity contribution in [1.82, 2.24) is 5.32 Å². The smallest absolute Gasteiger partial charge is 0.339 e. The molecular weight excluding hydrogens is 338 g/mol.